The first kappa shape index (κ1) is 15.9. The molecule has 1 aromatic rings. The summed E-state index contributed by atoms with van der Waals surface area (Å²) in [7, 11) is 0. The zero-order chi connectivity index (χ0) is 15.1. The lowest BCUT2D eigenvalue weighted by molar-refractivity contribution is 0.0933. The van der Waals surface area contributed by atoms with E-state index in [2.05, 4.69) is 11.9 Å². The van der Waals surface area contributed by atoms with Gasteiger partial charge in [-0.3, -0.25) is 4.79 Å². The Bertz CT molecular complexity index is 506. The highest BCUT2D eigenvalue weighted by molar-refractivity contribution is 5.96. The number of carbonyl (C=O) groups excluding carboxylic acids is 1. The minimum atomic E-state index is -0.631. The van der Waals surface area contributed by atoms with Crippen LogP contribution in [0.15, 0.2) is 42.7 Å². The number of halogens is 1. The summed E-state index contributed by atoms with van der Waals surface area (Å²) in [5, 5.41) is 20.7. The van der Waals surface area contributed by atoms with Crippen molar-refractivity contribution in [3.05, 3.63) is 59.6 Å². The smallest absolute Gasteiger partial charge is 0.255 e. The molecule has 20 heavy (non-hydrogen) atoms. The van der Waals surface area contributed by atoms with Gasteiger partial charge in [-0.25, -0.2) is 4.39 Å². The van der Waals surface area contributed by atoms with Crippen LogP contribution in [0.5, 0.6) is 0 Å². The van der Waals surface area contributed by atoms with Gasteiger partial charge in [0.1, 0.15) is 5.82 Å². The number of aryl methyl sites for hydroxylation is 1. The highest BCUT2D eigenvalue weighted by Crippen LogP contribution is 2.14. The zero-order valence-corrected chi connectivity index (χ0v) is 11.3. The van der Waals surface area contributed by atoms with E-state index in [9.17, 15) is 9.18 Å². The predicted molar refractivity (Wildman–Crippen MR) is 75.0 cm³/mol. The molecule has 0 saturated carbocycles. The zero-order valence-electron chi connectivity index (χ0n) is 11.3. The van der Waals surface area contributed by atoms with Gasteiger partial charge in [-0.05, 0) is 25.0 Å². The molecule has 0 saturated heterocycles. The van der Waals surface area contributed by atoms with Crippen LogP contribution in [0.25, 0.3) is 0 Å². The van der Waals surface area contributed by atoms with Crippen molar-refractivity contribution >= 4 is 5.91 Å². The van der Waals surface area contributed by atoms with Gasteiger partial charge < -0.3 is 15.5 Å². The van der Waals surface area contributed by atoms with Crippen LogP contribution in [-0.2, 0) is 0 Å². The van der Waals surface area contributed by atoms with Crippen LogP contribution in [0.1, 0.15) is 22.3 Å². The van der Waals surface area contributed by atoms with Crippen molar-refractivity contribution in [3.8, 4) is 0 Å². The molecule has 0 heterocycles. The average Bonchev–Trinajstić information content (AvgIpc) is 2.40. The quantitative estimate of drug-likeness (QED) is 0.552. The summed E-state index contributed by atoms with van der Waals surface area (Å²) in [4.78, 5) is 12.1. The predicted octanol–water partition coefficient (Wildman–Crippen LogP) is 2.24. The van der Waals surface area contributed by atoms with Crippen molar-refractivity contribution in [2.24, 2.45) is 0 Å². The maximum absolute atomic E-state index is 13.7. The number of nitrogens with one attached hydrogen (secondary N) is 1. The number of hydrogen-bond donors (Lipinski definition) is 3. The first-order valence-electron chi connectivity index (χ1n) is 6.18. The summed E-state index contributed by atoms with van der Waals surface area (Å²) in [6.07, 6.45) is 2.37. The van der Waals surface area contributed by atoms with Gasteiger partial charge in [-0.15, -0.1) is 0 Å². The Hall–Kier alpha value is -2.14. The monoisotopic (exact) mass is 279 g/mol. The van der Waals surface area contributed by atoms with Crippen LogP contribution >= 0.6 is 0 Å². The molecule has 1 amide bonds. The van der Waals surface area contributed by atoms with E-state index < -0.39 is 17.8 Å². The third kappa shape index (κ3) is 3.68. The highest BCUT2D eigenvalue weighted by atomic mass is 19.1. The summed E-state index contributed by atoms with van der Waals surface area (Å²) in [5.74, 6) is -1.21. The van der Waals surface area contributed by atoms with E-state index in [1.165, 1.54) is 18.2 Å². The van der Waals surface area contributed by atoms with Crippen molar-refractivity contribution in [1.29, 1.82) is 0 Å². The third-order valence-electron chi connectivity index (χ3n) is 2.96. The van der Waals surface area contributed by atoms with Crippen molar-refractivity contribution < 1.29 is 19.4 Å². The molecule has 0 bridgehead atoms. The third-order valence-corrected chi connectivity index (χ3v) is 2.96. The van der Waals surface area contributed by atoms with Gasteiger partial charge in [0.2, 0.25) is 0 Å². The molecule has 1 aromatic carbocycles. The molecule has 1 rings (SSSR count). The molecule has 3 N–H and O–H groups in total. The first-order valence-corrected chi connectivity index (χ1v) is 6.18. The Morgan fingerprint density at radius 2 is 2.25 bits per heavy atom. The number of benzene rings is 1. The maximum Gasteiger partial charge on any atom is 0.255 e. The van der Waals surface area contributed by atoms with Gasteiger partial charge in [0.05, 0.1) is 17.9 Å². The summed E-state index contributed by atoms with van der Waals surface area (Å²) in [6, 6.07) is 3.73. The molecule has 0 aliphatic heterocycles. The molecule has 0 radical (unpaired) electrons. The molecule has 5 heteroatoms. The van der Waals surface area contributed by atoms with Crippen LogP contribution in [0.4, 0.5) is 4.39 Å². The minimum absolute atomic E-state index is 0.0446. The highest BCUT2D eigenvalue weighted by Gasteiger charge is 2.20. The van der Waals surface area contributed by atoms with Crippen molar-refractivity contribution in [2.45, 2.75) is 19.4 Å². The van der Waals surface area contributed by atoms with Gasteiger partial charge in [-0.2, -0.15) is 0 Å². The minimum Gasteiger partial charge on any atom is -0.515 e. The summed E-state index contributed by atoms with van der Waals surface area (Å²) in [5.41, 5.74) is 0.816. The lowest BCUT2D eigenvalue weighted by Gasteiger charge is -2.19. The van der Waals surface area contributed by atoms with Gasteiger partial charge in [0.15, 0.2) is 0 Å². The summed E-state index contributed by atoms with van der Waals surface area (Å²) < 4.78 is 13.7. The van der Waals surface area contributed by atoms with Gasteiger partial charge in [0, 0.05) is 12.2 Å². The van der Waals surface area contributed by atoms with Crippen molar-refractivity contribution in [2.75, 3.05) is 6.61 Å². The maximum atomic E-state index is 13.7. The molecule has 1 atom stereocenters. The van der Waals surface area contributed by atoms with E-state index >= 15 is 0 Å². The molecule has 0 aliphatic rings. The fourth-order valence-electron chi connectivity index (χ4n) is 1.89. The number of aliphatic hydroxyl groups excluding tert-OH is 2. The molecule has 0 fully saturated rings. The fourth-order valence-corrected chi connectivity index (χ4v) is 1.89. The molecule has 1 unspecified atom stereocenters. The lowest BCUT2D eigenvalue weighted by Crippen LogP contribution is -2.37. The lowest BCUT2D eigenvalue weighted by atomic mass is 10.0. The van der Waals surface area contributed by atoms with Crippen LogP contribution in [-0.4, -0.2) is 28.8 Å². The number of carbonyl (C=O) groups is 1. The Labute approximate surface area is 117 Å². The molecule has 0 aromatic heterocycles. The Kier molecular flexibility index (Phi) is 5.93. The molecular weight excluding hydrogens is 261 g/mol. The second-order valence-corrected chi connectivity index (χ2v) is 4.30. The Balaban J connectivity index is 2.99. The van der Waals surface area contributed by atoms with E-state index in [0.717, 1.165) is 6.26 Å². The first-order chi connectivity index (χ1) is 9.54. The van der Waals surface area contributed by atoms with Crippen LogP contribution in [0, 0.1) is 12.7 Å². The van der Waals surface area contributed by atoms with E-state index in [-0.39, 0.29) is 18.6 Å². The molecular formula is C15H18FNO3. The molecule has 4 nitrogen and oxygen atoms in total. The number of amides is 1. The van der Waals surface area contributed by atoms with Crippen molar-refractivity contribution in [1.82, 2.24) is 5.32 Å². The summed E-state index contributed by atoms with van der Waals surface area (Å²) >= 11 is 0. The van der Waals surface area contributed by atoms with Gasteiger partial charge in [0.25, 0.3) is 5.91 Å². The summed E-state index contributed by atoms with van der Waals surface area (Å²) in [6.45, 7) is 4.96. The normalized spacial score (nSPS) is 12.8. The van der Waals surface area contributed by atoms with Crippen molar-refractivity contribution in [3.63, 3.8) is 0 Å². The standard InChI is InChI=1S/C15H18FNO3/c1-3-11(9-19)13(7-8-18)17-15(20)14-10(2)5-4-6-12(14)16/h3-6,9,13,18-19H,1,7-8H2,2H3,(H,17,20)/b11-9-. The van der Waals surface area contributed by atoms with Crippen LogP contribution in [0.3, 0.4) is 0 Å². The largest absolute Gasteiger partial charge is 0.515 e. The van der Waals surface area contributed by atoms with Gasteiger partial charge >= 0.3 is 0 Å². The second-order valence-electron chi connectivity index (χ2n) is 4.30. The topological polar surface area (TPSA) is 69.6 Å². The molecule has 108 valence electrons. The van der Waals surface area contributed by atoms with Crippen LogP contribution < -0.4 is 5.32 Å². The molecule has 0 spiro atoms. The van der Waals surface area contributed by atoms with E-state index in [4.69, 9.17) is 10.2 Å². The fraction of sp³-hybridized carbons (Fsp3) is 0.267. The van der Waals surface area contributed by atoms with Crippen LogP contribution in [0.2, 0.25) is 0 Å². The Morgan fingerprint density at radius 3 is 2.75 bits per heavy atom. The number of aliphatic hydroxyl groups is 2. The van der Waals surface area contributed by atoms with Gasteiger partial charge in [-0.1, -0.05) is 24.8 Å². The molecule has 0 aliphatic carbocycles. The van der Waals surface area contributed by atoms with E-state index in [1.807, 2.05) is 0 Å². The van der Waals surface area contributed by atoms with E-state index in [1.54, 1.807) is 13.0 Å². The SMILES string of the molecule is C=C/C(=C/O)C(CCO)NC(=O)c1c(C)cccc1F. The second kappa shape index (κ2) is 7.45. The number of hydrogen-bond acceptors (Lipinski definition) is 3. The van der Waals surface area contributed by atoms with E-state index in [0.29, 0.717) is 11.1 Å². The Morgan fingerprint density at radius 1 is 1.55 bits per heavy atom. The number of rotatable bonds is 6. The average molecular weight is 279 g/mol.